The van der Waals surface area contributed by atoms with Crippen molar-refractivity contribution < 1.29 is 13.2 Å². The summed E-state index contributed by atoms with van der Waals surface area (Å²) in [5.74, 6) is 0.955. The molecule has 0 aliphatic heterocycles. The van der Waals surface area contributed by atoms with E-state index in [1.807, 2.05) is 25.1 Å². The fourth-order valence-corrected chi connectivity index (χ4v) is 3.49. The molecule has 0 unspecified atom stereocenters. The van der Waals surface area contributed by atoms with E-state index in [1.165, 1.54) is 0 Å². The van der Waals surface area contributed by atoms with Crippen molar-refractivity contribution in [2.24, 2.45) is 0 Å². The number of hydrogen-bond acceptors (Lipinski definition) is 4. The molecule has 0 aromatic heterocycles. The first-order chi connectivity index (χ1) is 9.84. The highest BCUT2D eigenvalue weighted by molar-refractivity contribution is 9.10. The molecule has 0 radical (unpaired) electrons. The molecule has 0 amide bonds. The van der Waals surface area contributed by atoms with Crippen LogP contribution in [0.25, 0.3) is 0 Å². The average Bonchev–Trinajstić information content (AvgIpc) is 2.38. The summed E-state index contributed by atoms with van der Waals surface area (Å²) >= 11 is 3.46. The summed E-state index contributed by atoms with van der Waals surface area (Å²) in [6.45, 7) is 7.04. The van der Waals surface area contributed by atoms with Crippen LogP contribution in [0.15, 0.2) is 22.7 Å². The van der Waals surface area contributed by atoms with Crippen LogP contribution in [-0.4, -0.2) is 32.6 Å². The maximum absolute atomic E-state index is 11.6. The van der Waals surface area contributed by atoms with E-state index in [0.29, 0.717) is 18.2 Å². The van der Waals surface area contributed by atoms with Gasteiger partial charge in [0.25, 0.3) is 0 Å². The molecule has 0 aliphatic rings. The third kappa shape index (κ3) is 7.29. The van der Waals surface area contributed by atoms with Crippen LogP contribution < -0.4 is 10.1 Å². The van der Waals surface area contributed by atoms with Gasteiger partial charge in [-0.3, -0.25) is 0 Å². The second-order valence-corrected chi connectivity index (χ2v) is 8.46. The van der Waals surface area contributed by atoms with Crippen molar-refractivity contribution in [3.8, 4) is 5.75 Å². The minimum absolute atomic E-state index is 0.0595. The highest BCUT2D eigenvalue weighted by atomic mass is 79.9. The molecule has 1 aromatic rings. The minimum atomic E-state index is -2.99. The SMILES string of the molecule is CCCS(=O)(=O)CCOc1ccc(CNC(C)C)cc1Br. The van der Waals surface area contributed by atoms with Crippen LogP contribution in [0.4, 0.5) is 0 Å². The first-order valence-corrected chi connectivity index (χ1v) is 9.80. The highest BCUT2D eigenvalue weighted by Gasteiger charge is 2.10. The Labute approximate surface area is 136 Å². The van der Waals surface area contributed by atoms with Gasteiger partial charge in [0.05, 0.1) is 16.0 Å². The Morgan fingerprint density at radius 3 is 2.57 bits per heavy atom. The van der Waals surface area contributed by atoms with Gasteiger partial charge in [0, 0.05) is 12.6 Å². The zero-order chi connectivity index (χ0) is 15.9. The molecular weight excluding hydrogens is 354 g/mol. The lowest BCUT2D eigenvalue weighted by molar-refractivity contribution is 0.338. The molecule has 1 N–H and O–H groups in total. The van der Waals surface area contributed by atoms with E-state index in [0.717, 1.165) is 16.6 Å². The molecule has 1 rings (SSSR count). The van der Waals surface area contributed by atoms with Gasteiger partial charge in [-0.2, -0.15) is 0 Å². The Balaban J connectivity index is 2.53. The zero-order valence-electron chi connectivity index (χ0n) is 12.9. The Hall–Kier alpha value is -0.590. The summed E-state index contributed by atoms with van der Waals surface area (Å²) in [7, 11) is -2.99. The maximum atomic E-state index is 11.6. The summed E-state index contributed by atoms with van der Waals surface area (Å²) in [5, 5.41) is 3.34. The summed E-state index contributed by atoms with van der Waals surface area (Å²) in [5.41, 5.74) is 1.15. The van der Waals surface area contributed by atoms with E-state index >= 15 is 0 Å². The fourth-order valence-electron chi connectivity index (χ4n) is 1.78. The van der Waals surface area contributed by atoms with E-state index < -0.39 is 9.84 Å². The van der Waals surface area contributed by atoms with Gasteiger partial charge in [-0.1, -0.05) is 26.8 Å². The smallest absolute Gasteiger partial charge is 0.153 e. The minimum Gasteiger partial charge on any atom is -0.491 e. The lowest BCUT2D eigenvalue weighted by atomic mass is 10.2. The summed E-state index contributed by atoms with van der Waals surface area (Å²) in [6, 6.07) is 6.28. The van der Waals surface area contributed by atoms with Crippen LogP contribution in [0.5, 0.6) is 5.75 Å². The first-order valence-electron chi connectivity index (χ1n) is 7.19. The number of halogens is 1. The number of hydrogen-bond donors (Lipinski definition) is 1. The quantitative estimate of drug-likeness (QED) is 0.717. The molecule has 0 saturated carbocycles. The zero-order valence-corrected chi connectivity index (χ0v) is 15.3. The Morgan fingerprint density at radius 2 is 2.00 bits per heavy atom. The topological polar surface area (TPSA) is 55.4 Å². The highest BCUT2D eigenvalue weighted by Crippen LogP contribution is 2.26. The van der Waals surface area contributed by atoms with E-state index in [2.05, 4.69) is 35.1 Å². The summed E-state index contributed by atoms with van der Waals surface area (Å²) in [6.07, 6.45) is 0.642. The van der Waals surface area contributed by atoms with Crippen LogP contribution >= 0.6 is 15.9 Å². The Kier molecular flexibility index (Phi) is 7.70. The van der Waals surface area contributed by atoms with Crippen molar-refractivity contribution in [2.75, 3.05) is 18.1 Å². The summed E-state index contributed by atoms with van der Waals surface area (Å²) in [4.78, 5) is 0. The van der Waals surface area contributed by atoms with E-state index in [4.69, 9.17) is 4.74 Å². The Morgan fingerprint density at radius 1 is 1.29 bits per heavy atom. The van der Waals surface area contributed by atoms with Crippen molar-refractivity contribution in [1.82, 2.24) is 5.32 Å². The molecule has 0 bridgehead atoms. The second-order valence-electron chi connectivity index (χ2n) is 5.30. The molecular formula is C15H24BrNO3S. The van der Waals surface area contributed by atoms with Gasteiger partial charge >= 0.3 is 0 Å². The summed E-state index contributed by atoms with van der Waals surface area (Å²) < 4.78 is 29.6. The maximum Gasteiger partial charge on any atom is 0.153 e. The third-order valence-corrected chi connectivity index (χ3v) is 5.32. The first kappa shape index (κ1) is 18.5. The molecule has 4 nitrogen and oxygen atoms in total. The van der Waals surface area contributed by atoms with E-state index in [1.54, 1.807) is 0 Å². The van der Waals surface area contributed by atoms with Crippen molar-refractivity contribution in [3.05, 3.63) is 28.2 Å². The van der Waals surface area contributed by atoms with Gasteiger partial charge < -0.3 is 10.1 Å². The lowest BCUT2D eigenvalue weighted by Crippen LogP contribution is -2.21. The monoisotopic (exact) mass is 377 g/mol. The molecule has 0 fully saturated rings. The molecule has 0 saturated heterocycles. The number of ether oxygens (including phenoxy) is 1. The van der Waals surface area contributed by atoms with Gasteiger partial charge in [-0.05, 0) is 40.0 Å². The second kappa shape index (κ2) is 8.76. The third-order valence-electron chi connectivity index (χ3n) is 2.88. The number of nitrogens with one attached hydrogen (secondary N) is 1. The lowest BCUT2D eigenvalue weighted by Gasteiger charge is -2.12. The van der Waals surface area contributed by atoms with Gasteiger partial charge in [0.15, 0.2) is 9.84 Å². The van der Waals surface area contributed by atoms with E-state index in [-0.39, 0.29) is 18.1 Å². The number of sulfone groups is 1. The van der Waals surface area contributed by atoms with Crippen LogP contribution in [-0.2, 0) is 16.4 Å². The van der Waals surface area contributed by atoms with Crippen molar-refractivity contribution in [2.45, 2.75) is 39.8 Å². The normalized spacial score (nSPS) is 11.9. The molecule has 120 valence electrons. The largest absolute Gasteiger partial charge is 0.491 e. The molecule has 1 aromatic carbocycles. The average molecular weight is 378 g/mol. The van der Waals surface area contributed by atoms with Gasteiger partial charge in [0.1, 0.15) is 12.4 Å². The van der Waals surface area contributed by atoms with Crippen LogP contribution in [0, 0.1) is 0 Å². The van der Waals surface area contributed by atoms with Crippen molar-refractivity contribution in [3.63, 3.8) is 0 Å². The fraction of sp³-hybridized carbons (Fsp3) is 0.600. The molecule has 0 aliphatic carbocycles. The van der Waals surface area contributed by atoms with Crippen LogP contribution in [0.3, 0.4) is 0 Å². The number of benzene rings is 1. The molecule has 21 heavy (non-hydrogen) atoms. The van der Waals surface area contributed by atoms with Gasteiger partial charge in [-0.15, -0.1) is 0 Å². The van der Waals surface area contributed by atoms with Crippen molar-refractivity contribution in [1.29, 1.82) is 0 Å². The van der Waals surface area contributed by atoms with Crippen LogP contribution in [0.2, 0.25) is 0 Å². The standard InChI is InChI=1S/C15H24BrNO3S/c1-4-8-21(18,19)9-7-20-15-6-5-13(10-14(15)16)11-17-12(2)3/h5-6,10,12,17H,4,7-9,11H2,1-3H3. The van der Waals surface area contributed by atoms with Crippen LogP contribution in [0.1, 0.15) is 32.8 Å². The van der Waals surface area contributed by atoms with Gasteiger partial charge in [0.2, 0.25) is 0 Å². The van der Waals surface area contributed by atoms with Crippen molar-refractivity contribution >= 4 is 25.8 Å². The predicted molar refractivity (Wildman–Crippen MR) is 90.6 cm³/mol. The molecule has 0 heterocycles. The number of rotatable bonds is 9. The predicted octanol–water partition coefficient (Wildman–Crippen LogP) is 3.15. The Bertz CT molecular complexity index is 544. The molecule has 6 heteroatoms. The molecule has 0 spiro atoms. The molecule has 0 atom stereocenters. The van der Waals surface area contributed by atoms with Gasteiger partial charge in [-0.25, -0.2) is 8.42 Å². The van der Waals surface area contributed by atoms with E-state index in [9.17, 15) is 8.42 Å².